The van der Waals surface area contributed by atoms with Crippen LogP contribution in [0.5, 0.6) is 0 Å². The number of likely N-dealkylation sites (tertiary alicyclic amines) is 1. The number of benzene rings is 1. The van der Waals surface area contributed by atoms with Gasteiger partial charge in [0.2, 0.25) is 5.91 Å². The number of amides is 2. The molecule has 2 amide bonds. The van der Waals surface area contributed by atoms with Crippen LogP contribution >= 0.6 is 0 Å². The first-order valence-corrected chi connectivity index (χ1v) is 9.84. The molecule has 150 valence electrons. The minimum absolute atomic E-state index is 0.0916. The largest absolute Gasteiger partial charge is 0.387 e. The fourth-order valence-electron chi connectivity index (χ4n) is 4.23. The summed E-state index contributed by atoms with van der Waals surface area (Å²) in [7, 11) is 1.71. The highest BCUT2D eigenvalue weighted by atomic mass is 19.1. The zero-order chi connectivity index (χ0) is 19.7. The Hall–Kier alpha value is -2.41. The van der Waals surface area contributed by atoms with Gasteiger partial charge in [-0.2, -0.15) is 0 Å². The van der Waals surface area contributed by atoms with Crippen LogP contribution in [-0.2, 0) is 9.53 Å². The second-order valence-electron chi connectivity index (χ2n) is 8.01. The van der Waals surface area contributed by atoms with Crippen molar-refractivity contribution in [1.29, 1.82) is 0 Å². The quantitative estimate of drug-likeness (QED) is 0.761. The number of carbonyl (C=O) groups excluding carboxylic acids is 2. The van der Waals surface area contributed by atoms with Gasteiger partial charge in [0, 0.05) is 38.3 Å². The molecule has 0 bridgehead atoms. The molecule has 2 aliphatic heterocycles. The molecule has 0 aromatic heterocycles. The highest BCUT2D eigenvalue weighted by molar-refractivity contribution is 6.00. The molecule has 2 heterocycles. The number of anilines is 1. The predicted octanol–water partition coefficient (Wildman–Crippen LogP) is 2.32. The second-order valence-corrected chi connectivity index (χ2v) is 8.01. The first-order valence-electron chi connectivity index (χ1n) is 9.84. The standard InChI is InChI=1S/C21H26FN3O3/c1-23-17-6-5-14(22)10-16(17)20(27)25-13-21(7-8-21)11-15(25)12-24-19(26)18-4-2-3-9-28-18/h2-3,5-6,10,15,18,23H,4,7-9,11-13H2,1H3,(H,24,26). The van der Waals surface area contributed by atoms with Crippen LogP contribution in [0.3, 0.4) is 0 Å². The van der Waals surface area contributed by atoms with Crippen molar-refractivity contribution < 1.29 is 18.7 Å². The lowest BCUT2D eigenvalue weighted by Gasteiger charge is -2.27. The minimum atomic E-state index is -0.468. The van der Waals surface area contributed by atoms with E-state index in [1.54, 1.807) is 13.1 Å². The van der Waals surface area contributed by atoms with E-state index in [-0.39, 0.29) is 23.3 Å². The van der Waals surface area contributed by atoms with Gasteiger partial charge in [0.15, 0.2) is 0 Å². The van der Waals surface area contributed by atoms with E-state index >= 15 is 0 Å². The van der Waals surface area contributed by atoms with Crippen LogP contribution < -0.4 is 10.6 Å². The SMILES string of the molecule is CNc1ccc(F)cc1C(=O)N1CC2(CC2)CC1CNC(=O)C1CC=CCO1. The summed E-state index contributed by atoms with van der Waals surface area (Å²) in [6.07, 6.45) is 7.01. The van der Waals surface area contributed by atoms with E-state index in [1.165, 1.54) is 12.1 Å². The molecule has 4 rings (SSSR count). The van der Waals surface area contributed by atoms with Crippen molar-refractivity contribution in [2.75, 3.05) is 32.1 Å². The van der Waals surface area contributed by atoms with Crippen molar-refractivity contribution >= 4 is 17.5 Å². The van der Waals surface area contributed by atoms with Gasteiger partial charge in [-0.05, 0) is 42.9 Å². The highest BCUT2D eigenvalue weighted by Crippen LogP contribution is 2.55. The van der Waals surface area contributed by atoms with Crippen molar-refractivity contribution in [3.63, 3.8) is 0 Å². The number of hydrogen-bond donors (Lipinski definition) is 2. The summed E-state index contributed by atoms with van der Waals surface area (Å²) < 4.78 is 19.2. The number of ether oxygens (including phenoxy) is 1. The van der Waals surface area contributed by atoms with Gasteiger partial charge in [0.05, 0.1) is 12.2 Å². The molecule has 1 saturated carbocycles. The fraction of sp³-hybridized carbons (Fsp3) is 0.524. The summed E-state index contributed by atoms with van der Waals surface area (Å²) in [5.41, 5.74) is 1.10. The van der Waals surface area contributed by atoms with Crippen LogP contribution in [0.4, 0.5) is 10.1 Å². The summed E-state index contributed by atoms with van der Waals surface area (Å²) in [6.45, 7) is 1.50. The lowest BCUT2D eigenvalue weighted by molar-refractivity contribution is -0.132. The maximum Gasteiger partial charge on any atom is 0.256 e. The Morgan fingerprint density at radius 3 is 2.82 bits per heavy atom. The molecular weight excluding hydrogens is 361 g/mol. The molecule has 2 N–H and O–H groups in total. The molecule has 1 aliphatic carbocycles. The van der Waals surface area contributed by atoms with Gasteiger partial charge in [-0.15, -0.1) is 0 Å². The molecule has 1 saturated heterocycles. The molecule has 2 fully saturated rings. The monoisotopic (exact) mass is 387 g/mol. The van der Waals surface area contributed by atoms with Gasteiger partial charge in [0.1, 0.15) is 11.9 Å². The first kappa shape index (κ1) is 18.9. The Bertz CT molecular complexity index is 806. The van der Waals surface area contributed by atoms with E-state index in [1.807, 2.05) is 17.1 Å². The molecule has 3 aliphatic rings. The molecule has 1 aromatic rings. The smallest absolute Gasteiger partial charge is 0.256 e. The number of nitrogens with one attached hydrogen (secondary N) is 2. The molecule has 6 nitrogen and oxygen atoms in total. The van der Waals surface area contributed by atoms with E-state index in [9.17, 15) is 14.0 Å². The van der Waals surface area contributed by atoms with E-state index in [0.717, 1.165) is 19.3 Å². The summed E-state index contributed by atoms with van der Waals surface area (Å²) >= 11 is 0. The van der Waals surface area contributed by atoms with Gasteiger partial charge in [0.25, 0.3) is 5.91 Å². The summed E-state index contributed by atoms with van der Waals surface area (Å²) in [6, 6.07) is 4.11. The number of carbonyl (C=O) groups is 2. The van der Waals surface area contributed by atoms with Crippen molar-refractivity contribution in [2.24, 2.45) is 5.41 Å². The average Bonchev–Trinajstić information content (AvgIpc) is 3.37. The van der Waals surface area contributed by atoms with Crippen molar-refractivity contribution in [3.8, 4) is 0 Å². The van der Waals surface area contributed by atoms with Crippen LogP contribution in [0.15, 0.2) is 30.4 Å². The van der Waals surface area contributed by atoms with Gasteiger partial charge in [-0.1, -0.05) is 12.2 Å². The first-order chi connectivity index (χ1) is 13.5. The summed E-state index contributed by atoms with van der Waals surface area (Å²) in [4.78, 5) is 27.4. The minimum Gasteiger partial charge on any atom is -0.387 e. The Kier molecular flexibility index (Phi) is 5.10. The molecule has 2 atom stereocenters. The second kappa shape index (κ2) is 7.54. The third-order valence-electron chi connectivity index (χ3n) is 6.03. The van der Waals surface area contributed by atoms with E-state index in [0.29, 0.717) is 37.4 Å². The van der Waals surface area contributed by atoms with Crippen LogP contribution in [0, 0.1) is 11.2 Å². The van der Waals surface area contributed by atoms with Crippen molar-refractivity contribution in [2.45, 2.75) is 37.8 Å². The zero-order valence-corrected chi connectivity index (χ0v) is 16.0. The summed E-state index contributed by atoms with van der Waals surface area (Å²) in [5.74, 6) is -0.770. The van der Waals surface area contributed by atoms with Crippen molar-refractivity contribution in [3.05, 3.63) is 41.7 Å². The van der Waals surface area contributed by atoms with Gasteiger partial charge < -0.3 is 20.3 Å². The lowest BCUT2D eigenvalue weighted by atomic mass is 10.0. The normalized spacial score (nSPS) is 25.0. The van der Waals surface area contributed by atoms with Crippen LogP contribution in [-0.4, -0.2) is 55.6 Å². The third kappa shape index (κ3) is 3.76. The average molecular weight is 387 g/mol. The Morgan fingerprint density at radius 1 is 1.32 bits per heavy atom. The Morgan fingerprint density at radius 2 is 2.14 bits per heavy atom. The van der Waals surface area contributed by atoms with Crippen LogP contribution in [0.25, 0.3) is 0 Å². The molecule has 2 unspecified atom stereocenters. The predicted molar refractivity (Wildman–Crippen MR) is 104 cm³/mol. The van der Waals surface area contributed by atoms with E-state index in [2.05, 4.69) is 10.6 Å². The lowest BCUT2D eigenvalue weighted by Crippen LogP contribution is -2.46. The van der Waals surface area contributed by atoms with E-state index in [4.69, 9.17) is 4.74 Å². The summed E-state index contributed by atoms with van der Waals surface area (Å²) in [5, 5.41) is 5.92. The molecule has 7 heteroatoms. The number of nitrogens with zero attached hydrogens (tertiary/aromatic N) is 1. The third-order valence-corrected chi connectivity index (χ3v) is 6.03. The number of rotatable bonds is 5. The van der Waals surface area contributed by atoms with Crippen molar-refractivity contribution in [1.82, 2.24) is 10.2 Å². The van der Waals surface area contributed by atoms with Gasteiger partial charge in [-0.3, -0.25) is 9.59 Å². The maximum absolute atomic E-state index is 13.8. The van der Waals surface area contributed by atoms with E-state index < -0.39 is 11.9 Å². The maximum atomic E-state index is 13.8. The van der Waals surface area contributed by atoms with Gasteiger partial charge >= 0.3 is 0 Å². The Balaban J connectivity index is 1.47. The molecule has 28 heavy (non-hydrogen) atoms. The van der Waals surface area contributed by atoms with Crippen LogP contribution in [0.2, 0.25) is 0 Å². The number of hydrogen-bond acceptors (Lipinski definition) is 4. The van der Waals surface area contributed by atoms with Crippen LogP contribution in [0.1, 0.15) is 36.0 Å². The molecule has 1 aromatic carbocycles. The number of halogens is 1. The van der Waals surface area contributed by atoms with Gasteiger partial charge in [-0.25, -0.2) is 4.39 Å². The Labute approximate surface area is 164 Å². The fourth-order valence-corrected chi connectivity index (χ4v) is 4.23. The topological polar surface area (TPSA) is 70.7 Å². The zero-order valence-electron chi connectivity index (χ0n) is 16.0. The highest BCUT2D eigenvalue weighted by Gasteiger charge is 2.53. The molecule has 1 spiro atoms. The molecular formula is C21H26FN3O3. The molecule has 0 radical (unpaired) electrons.